The molecule has 0 radical (unpaired) electrons. The first kappa shape index (κ1) is 11.0. The quantitative estimate of drug-likeness (QED) is 0.671. The molecule has 0 saturated heterocycles. The van der Waals surface area contributed by atoms with E-state index in [1.807, 2.05) is 41.9 Å². The summed E-state index contributed by atoms with van der Waals surface area (Å²) in [5.74, 6) is 0.681. The van der Waals surface area contributed by atoms with Crippen molar-refractivity contribution >= 4 is 5.52 Å². The number of hydrogen-bond donors (Lipinski definition) is 0. The number of benzene rings is 1. The second kappa shape index (κ2) is 4.26. The first-order chi connectivity index (χ1) is 8.74. The molecular weight excluding hydrogens is 227 g/mol. The van der Waals surface area contributed by atoms with Crippen LogP contribution in [0.25, 0.3) is 5.52 Å². The summed E-state index contributed by atoms with van der Waals surface area (Å²) in [6.45, 7) is 2.03. The molecule has 0 N–H and O–H groups in total. The van der Waals surface area contributed by atoms with E-state index in [-0.39, 0.29) is 5.82 Å². The zero-order valence-electron chi connectivity index (χ0n) is 10.1. The van der Waals surface area contributed by atoms with Crippen LogP contribution in [0.4, 0.5) is 4.39 Å². The molecule has 2 nitrogen and oxygen atoms in total. The van der Waals surface area contributed by atoms with Gasteiger partial charge in [-0.2, -0.15) is 0 Å². The summed E-state index contributed by atoms with van der Waals surface area (Å²) in [5, 5.41) is 0. The van der Waals surface area contributed by atoms with Gasteiger partial charge >= 0.3 is 0 Å². The summed E-state index contributed by atoms with van der Waals surface area (Å²) in [7, 11) is 0. The highest BCUT2D eigenvalue weighted by atomic mass is 19.1. The third-order valence-electron chi connectivity index (χ3n) is 3.06. The van der Waals surface area contributed by atoms with E-state index in [9.17, 15) is 4.39 Å². The molecule has 90 valence electrons. The van der Waals surface area contributed by atoms with Gasteiger partial charge in [0.05, 0.1) is 11.7 Å². The van der Waals surface area contributed by atoms with Crippen LogP contribution in [-0.2, 0) is 6.42 Å². The van der Waals surface area contributed by atoms with E-state index in [1.165, 1.54) is 6.07 Å². The third-order valence-corrected chi connectivity index (χ3v) is 3.06. The fourth-order valence-electron chi connectivity index (χ4n) is 2.09. The van der Waals surface area contributed by atoms with Crippen molar-refractivity contribution in [3.63, 3.8) is 0 Å². The number of imidazole rings is 1. The van der Waals surface area contributed by atoms with Crippen LogP contribution in [-0.4, -0.2) is 9.38 Å². The molecule has 2 aromatic heterocycles. The molecule has 0 spiro atoms. The second-order valence-electron chi connectivity index (χ2n) is 4.44. The van der Waals surface area contributed by atoms with Crippen molar-refractivity contribution in [2.24, 2.45) is 0 Å². The molecule has 0 amide bonds. The Labute approximate surface area is 105 Å². The Hall–Kier alpha value is -2.16. The lowest BCUT2D eigenvalue weighted by Crippen LogP contribution is -1.98. The average molecular weight is 240 g/mol. The number of hydrogen-bond acceptors (Lipinski definition) is 1. The molecule has 3 aromatic rings. The van der Waals surface area contributed by atoms with Gasteiger partial charge in [0.15, 0.2) is 0 Å². The lowest BCUT2D eigenvalue weighted by atomic mass is 10.1. The van der Waals surface area contributed by atoms with Crippen molar-refractivity contribution in [3.05, 3.63) is 71.6 Å². The van der Waals surface area contributed by atoms with Gasteiger partial charge in [0.1, 0.15) is 11.6 Å². The third kappa shape index (κ3) is 1.88. The first-order valence-corrected chi connectivity index (χ1v) is 5.90. The van der Waals surface area contributed by atoms with Crippen LogP contribution in [0, 0.1) is 12.7 Å². The van der Waals surface area contributed by atoms with Crippen molar-refractivity contribution in [1.82, 2.24) is 9.38 Å². The largest absolute Gasteiger partial charge is 0.303 e. The number of aromatic nitrogens is 2. The van der Waals surface area contributed by atoms with E-state index in [2.05, 4.69) is 4.98 Å². The molecule has 0 atom stereocenters. The molecule has 0 unspecified atom stereocenters. The van der Waals surface area contributed by atoms with Gasteiger partial charge in [0.25, 0.3) is 0 Å². The molecule has 0 aliphatic rings. The minimum absolute atomic E-state index is 0.179. The number of aryl methyl sites for hydroxylation is 1. The van der Waals surface area contributed by atoms with Crippen LogP contribution in [0.3, 0.4) is 0 Å². The molecule has 3 heteroatoms. The monoisotopic (exact) mass is 240 g/mol. The van der Waals surface area contributed by atoms with Crippen LogP contribution in [0.1, 0.15) is 17.0 Å². The van der Waals surface area contributed by atoms with E-state index in [0.29, 0.717) is 12.0 Å². The number of rotatable bonds is 2. The van der Waals surface area contributed by atoms with Crippen LogP contribution in [0.2, 0.25) is 0 Å². The summed E-state index contributed by atoms with van der Waals surface area (Å²) >= 11 is 0. The molecule has 0 aliphatic carbocycles. The van der Waals surface area contributed by atoms with E-state index >= 15 is 0 Å². The lowest BCUT2D eigenvalue weighted by molar-refractivity contribution is 0.612. The highest BCUT2D eigenvalue weighted by Crippen LogP contribution is 2.15. The number of halogens is 1. The van der Waals surface area contributed by atoms with Gasteiger partial charge in [0, 0.05) is 12.6 Å². The summed E-state index contributed by atoms with van der Waals surface area (Å²) in [5.41, 5.74) is 2.87. The standard InChI is InChI=1S/C15H13FN2/c1-11-6-7-13-9-17-15(18(13)10-11)8-12-4-2-3-5-14(12)16/h2-7,9-10H,8H2,1H3. The van der Waals surface area contributed by atoms with Gasteiger partial charge in [-0.3, -0.25) is 0 Å². The molecule has 3 rings (SSSR count). The van der Waals surface area contributed by atoms with Crippen molar-refractivity contribution in [2.75, 3.05) is 0 Å². The van der Waals surface area contributed by atoms with E-state index in [0.717, 1.165) is 16.9 Å². The fourth-order valence-corrected chi connectivity index (χ4v) is 2.09. The fraction of sp³-hybridized carbons (Fsp3) is 0.133. The Morgan fingerprint density at radius 1 is 1.17 bits per heavy atom. The maximum atomic E-state index is 13.6. The molecule has 0 saturated carbocycles. The van der Waals surface area contributed by atoms with E-state index in [1.54, 1.807) is 12.1 Å². The molecular formula is C15H13FN2. The Morgan fingerprint density at radius 2 is 2.00 bits per heavy atom. The van der Waals surface area contributed by atoms with Crippen LogP contribution >= 0.6 is 0 Å². The summed E-state index contributed by atoms with van der Waals surface area (Å²) in [6, 6.07) is 10.9. The van der Waals surface area contributed by atoms with Crippen molar-refractivity contribution in [3.8, 4) is 0 Å². The van der Waals surface area contributed by atoms with Gasteiger partial charge in [-0.25, -0.2) is 9.37 Å². The van der Waals surface area contributed by atoms with Crippen molar-refractivity contribution in [1.29, 1.82) is 0 Å². The number of pyridine rings is 1. The van der Waals surface area contributed by atoms with Gasteiger partial charge in [0.2, 0.25) is 0 Å². The van der Waals surface area contributed by atoms with Crippen molar-refractivity contribution in [2.45, 2.75) is 13.3 Å². The molecule has 0 aliphatic heterocycles. The predicted molar refractivity (Wildman–Crippen MR) is 69.1 cm³/mol. The minimum atomic E-state index is -0.179. The highest BCUT2D eigenvalue weighted by Gasteiger charge is 2.07. The lowest BCUT2D eigenvalue weighted by Gasteiger charge is -2.04. The minimum Gasteiger partial charge on any atom is -0.303 e. The predicted octanol–water partition coefficient (Wildman–Crippen LogP) is 3.37. The zero-order valence-corrected chi connectivity index (χ0v) is 10.1. The number of nitrogens with zero attached hydrogens (tertiary/aromatic N) is 2. The summed E-state index contributed by atoms with van der Waals surface area (Å²) in [6.07, 6.45) is 4.35. The summed E-state index contributed by atoms with van der Waals surface area (Å²) < 4.78 is 15.6. The Bertz CT molecular complexity index is 701. The molecule has 2 heterocycles. The smallest absolute Gasteiger partial charge is 0.126 e. The maximum absolute atomic E-state index is 13.6. The second-order valence-corrected chi connectivity index (χ2v) is 4.44. The Morgan fingerprint density at radius 3 is 2.83 bits per heavy atom. The molecule has 1 aromatic carbocycles. The van der Waals surface area contributed by atoms with Gasteiger partial charge in [-0.15, -0.1) is 0 Å². The van der Waals surface area contributed by atoms with Gasteiger partial charge < -0.3 is 4.40 Å². The van der Waals surface area contributed by atoms with Crippen LogP contribution < -0.4 is 0 Å². The van der Waals surface area contributed by atoms with Crippen molar-refractivity contribution < 1.29 is 4.39 Å². The topological polar surface area (TPSA) is 17.3 Å². The molecule has 18 heavy (non-hydrogen) atoms. The van der Waals surface area contributed by atoms with E-state index in [4.69, 9.17) is 0 Å². The highest BCUT2D eigenvalue weighted by molar-refractivity contribution is 5.47. The zero-order chi connectivity index (χ0) is 12.5. The first-order valence-electron chi connectivity index (χ1n) is 5.90. The van der Waals surface area contributed by atoms with Gasteiger partial charge in [-0.05, 0) is 30.2 Å². The van der Waals surface area contributed by atoms with Crippen LogP contribution in [0.15, 0.2) is 48.8 Å². The SMILES string of the molecule is Cc1ccc2cnc(Cc3ccccc3F)n2c1. The number of fused-ring (bicyclic) bond motifs is 1. The average Bonchev–Trinajstić information content (AvgIpc) is 2.75. The normalized spacial score (nSPS) is 11.0. The Balaban J connectivity index is 2.05. The Kier molecular flexibility index (Phi) is 2.59. The van der Waals surface area contributed by atoms with E-state index < -0.39 is 0 Å². The maximum Gasteiger partial charge on any atom is 0.126 e. The molecule has 0 fully saturated rings. The summed E-state index contributed by atoms with van der Waals surface area (Å²) in [4.78, 5) is 4.37. The van der Waals surface area contributed by atoms with Gasteiger partial charge in [-0.1, -0.05) is 24.3 Å². The van der Waals surface area contributed by atoms with Crippen LogP contribution in [0.5, 0.6) is 0 Å². The molecule has 0 bridgehead atoms.